The molecule has 0 aliphatic heterocycles. The Hall–Kier alpha value is -1.63. The molecule has 1 unspecified atom stereocenters. The molecule has 0 fully saturated rings. The van der Waals surface area contributed by atoms with Crippen LogP contribution in [0.2, 0.25) is 0 Å². The molecular formula is C16H25Cl2N5O. The first-order valence-electron chi connectivity index (χ1n) is 7.44. The summed E-state index contributed by atoms with van der Waals surface area (Å²) in [6.45, 7) is 4.82. The molecule has 2 aromatic rings. The minimum atomic E-state index is -0.0280. The van der Waals surface area contributed by atoms with Gasteiger partial charge in [0.15, 0.2) is 0 Å². The summed E-state index contributed by atoms with van der Waals surface area (Å²) in [7, 11) is 1.80. The van der Waals surface area contributed by atoms with E-state index in [0.717, 1.165) is 6.42 Å². The van der Waals surface area contributed by atoms with Crippen molar-refractivity contribution in [1.82, 2.24) is 19.4 Å². The molecule has 0 saturated carbocycles. The second-order valence-electron chi connectivity index (χ2n) is 5.80. The first kappa shape index (κ1) is 22.4. The van der Waals surface area contributed by atoms with Crippen molar-refractivity contribution in [3.8, 4) is 5.82 Å². The van der Waals surface area contributed by atoms with Gasteiger partial charge in [-0.25, -0.2) is 9.97 Å². The first-order chi connectivity index (χ1) is 10.5. The van der Waals surface area contributed by atoms with E-state index in [4.69, 9.17) is 5.73 Å². The molecule has 1 atom stereocenters. The van der Waals surface area contributed by atoms with Gasteiger partial charge in [-0.2, -0.15) is 0 Å². The minimum absolute atomic E-state index is 0. The monoisotopic (exact) mass is 373 g/mol. The van der Waals surface area contributed by atoms with Crippen molar-refractivity contribution in [3.63, 3.8) is 0 Å². The normalized spacial score (nSPS) is 11.4. The van der Waals surface area contributed by atoms with Gasteiger partial charge in [-0.1, -0.05) is 13.8 Å². The summed E-state index contributed by atoms with van der Waals surface area (Å²) in [6.07, 6.45) is 7.55. The molecule has 1 amide bonds. The molecule has 134 valence electrons. The molecule has 2 N–H and O–H groups in total. The van der Waals surface area contributed by atoms with Crippen molar-refractivity contribution < 1.29 is 4.79 Å². The standard InChI is InChI=1S/C16H23N5O.2ClH/c1-12(2)14(17)5-8-20(3)16(22)13-4-6-19-15(10-13)21-9-7-18-11-21;;/h4,6-7,9-12,14H,5,8,17H2,1-3H3;2*1H. The molecule has 2 rings (SSSR count). The van der Waals surface area contributed by atoms with Crippen LogP contribution in [0, 0.1) is 5.92 Å². The smallest absolute Gasteiger partial charge is 0.253 e. The van der Waals surface area contributed by atoms with E-state index in [-0.39, 0.29) is 36.8 Å². The second kappa shape index (κ2) is 10.3. The van der Waals surface area contributed by atoms with Crippen molar-refractivity contribution in [2.24, 2.45) is 11.7 Å². The Morgan fingerprint density at radius 1 is 1.33 bits per heavy atom. The predicted octanol–water partition coefficient (Wildman–Crippen LogP) is 2.56. The zero-order valence-electron chi connectivity index (χ0n) is 14.1. The predicted molar refractivity (Wildman–Crippen MR) is 100 cm³/mol. The Kier molecular flexibility index (Phi) is 9.58. The third-order valence-corrected chi connectivity index (χ3v) is 3.76. The summed E-state index contributed by atoms with van der Waals surface area (Å²) in [4.78, 5) is 22.4. The maximum Gasteiger partial charge on any atom is 0.253 e. The van der Waals surface area contributed by atoms with Gasteiger partial charge < -0.3 is 10.6 Å². The molecule has 24 heavy (non-hydrogen) atoms. The number of aromatic nitrogens is 3. The van der Waals surface area contributed by atoms with E-state index in [9.17, 15) is 4.79 Å². The number of nitrogens with two attached hydrogens (primary N) is 1. The van der Waals surface area contributed by atoms with Gasteiger partial charge in [0.2, 0.25) is 0 Å². The molecule has 0 aliphatic carbocycles. The lowest BCUT2D eigenvalue weighted by Gasteiger charge is -2.21. The fourth-order valence-corrected chi connectivity index (χ4v) is 2.09. The van der Waals surface area contributed by atoms with Crippen molar-refractivity contribution in [2.75, 3.05) is 13.6 Å². The first-order valence-corrected chi connectivity index (χ1v) is 7.44. The number of nitrogens with zero attached hydrogens (tertiary/aromatic N) is 4. The van der Waals surface area contributed by atoms with E-state index in [2.05, 4.69) is 23.8 Å². The van der Waals surface area contributed by atoms with E-state index in [1.54, 1.807) is 53.6 Å². The van der Waals surface area contributed by atoms with E-state index in [1.165, 1.54) is 0 Å². The highest BCUT2D eigenvalue weighted by atomic mass is 35.5. The highest BCUT2D eigenvalue weighted by Crippen LogP contribution is 2.10. The maximum atomic E-state index is 12.5. The van der Waals surface area contributed by atoms with Crippen molar-refractivity contribution in [2.45, 2.75) is 26.3 Å². The van der Waals surface area contributed by atoms with Crippen LogP contribution < -0.4 is 5.73 Å². The van der Waals surface area contributed by atoms with Gasteiger partial charge in [0, 0.05) is 43.8 Å². The molecule has 0 bridgehead atoms. The lowest BCUT2D eigenvalue weighted by atomic mass is 10.0. The summed E-state index contributed by atoms with van der Waals surface area (Å²) in [5.74, 6) is 1.06. The number of imidazole rings is 1. The van der Waals surface area contributed by atoms with Crippen LogP contribution in [0.3, 0.4) is 0 Å². The molecule has 0 radical (unpaired) electrons. The van der Waals surface area contributed by atoms with Crippen molar-refractivity contribution in [1.29, 1.82) is 0 Å². The summed E-state index contributed by atoms with van der Waals surface area (Å²) < 4.78 is 1.77. The molecule has 8 heteroatoms. The number of amides is 1. The van der Waals surface area contributed by atoms with Gasteiger partial charge >= 0.3 is 0 Å². The maximum absolute atomic E-state index is 12.5. The Balaban J connectivity index is 0.00000264. The van der Waals surface area contributed by atoms with E-state index in [1.807, 2.05) is 0 Å². The Morgan fingerprint density at radius 3 is 2.62 bits per heavy atom. The number of carbonyl (C=O) groups excluding carboxylic acids is 1. The molecular weight excluding hydrogens is 349 g/mol. The largest absolute Gasteiger partial charge is 0.342 e. The fraction of sp³-hybridized carbons (Fsp3) is 0.438. The van der Waals surface area contributed by atoms with Crippen LogP contribution in [0.4, 0.5) is 0 Å². The topological polar surface area (TPSA) is 77.0 Å². The lowest BCUT2D eigenvalue weighted by Crippen LogP contribution is -2.34. The third-order valence-electron chi connectivity index (χ3n) is 3.76. The number of carbonyl (C=O) groups is 1. The second-order valence-corrected chi connectivity index (χ2v) is 5.80. The van der Waals surface area contributed by atoms with Crippen molar-refractivity contribution >= 4 is 30.7 Å². The van der Waals surface area contributed by atoms with Gasteiger partial charge in [0.05, 0.1) is 0 Å². The van der Waals surface area contributed by atoms with Crippen LogP contribution in [0.25, 0.3) is 5.82 Å². The number of rotatable bonds is 6. The molecule has 0 aromatic carbocycles. The van der Waals surface area contributed by atoms with Gasteiger partial charge in [-0.3, -0.25) is 9.36 Å². The van der Waals surface area contributed by atoms with E-state index >= 15 is 0 Å². The van der Waals surface area contributed by atoms with Gasteiger partial charge in [0.1, 0.15) is 12.1 Å². The van der Waals surface area contributed by atoms with Gasteiger partial charge in [-0.05, 0) is 24.5 Å². The fourth-order valence-electron chi connectivity index (χ4n) is 2.09. The molecule has 2 heterocycles. The highest BCUT2D eigenvalue weighted by molar-refractivity contribution is 5.94. The number of halogens is 2. The molecule has 0 saturated heterocycles. The van der Waals surface area contributed by atoms with Crippen LogP contribution in [0.1, 0.15) is 30.6 Å². The van der Waals surface area contributed by atoms with Crippen molar-refractivity contribution in [3.05, 3.63) is 42.6 Å². The van der Waals surface area contributed by atoms with E-state index < -0.39 is 0 Å². The molecule has 0 aliphatic rings. The van der Waals surface area contributed by atoms with Crippen LogP contribution in [-0.2, 0) is 0 Å². The quantitative estimate of drug-likeness (QED) is 0.843. The summed E-state index contributed by atoms with van der Waals surface area (Å²) >= 11 is 0. The van der Waals surface area contributed by atoms with Gasteiger partial charge in [0.25, 0.3) is 5.91 Å². The third kappa shape index (κ3) is 5.78. The number of hydrogen-bond donors (Lipinski definition) is 1. The Morgan fingerprint density at radius 2 is 2.04 bits per heavy atom. The average molecular weight is 374 g/mol. The Bertz CT molecular complexity index is 619. The highest BCUT2D eigenvalue weighted by Gasteiger charge is 2.15. The summed E-state index contributed by atoms with van der Waals surface area (Å²) in [5.41, 5.74) is 6.64. The number of pyridine rings is 1. The van der Waals surface area contributed by atoms with E-state index in [0.29, 0.717) is 23.8 Å². The summed E-state index contributed by atoms with van der Waals surface area (Å²) in [5, 5.41) is 0. The molecule has 2 aromatic heterocycles. The molecule has 6 nitrogen and oxygen atoms in total. The Labute approximate surface area is 155 Å². The SMILES string of the molecule is CC(C)C(N)CCN(C)C(=O)c1ccnc(-n2ccnc2)c1.Cl.Cl. The summed E-state index contributed by atoms with van der Waals surface area (Å²) in [6, 6.07) is 3.60. The minimum Gasteiger partial charge on any atom is -0.342 e. The average Bonchev–Trinajstić information content (AvgIpc) is 3.06. The van der Waals surface area contributed by atoms with Crippen LogP contribution in [0.15, 0.2) is 37.1 Å². The zero-order chi connectivity index (χ0) is 16.1. The van der Waals surface area contributed by atoms with Crippen LogP contribution in [-0.4, -0.2) is 45.0 Å². The number of hydrogen-bond acceptors (Lipinski definition) is 4. The molecule has 0 spiro atoms. The van der Waals surface area contributed by atoms with Crippen LogP contribution >= 0.6 is 24.8 Å². The zero-order valence-corrected chi connectivity index (χ0v) is 15.8. The van der Waals surface area contributed by atoms with Gasteiger partial charge in [-0.15, -0.1) is 24.8 Å². The van der Waals surface area contributed by atoms with Crippen LogP contribution in [0.5, 0.6) is 0 Å². The lowest BCUT2D eigenvalue weighted by molar-refractivity contribution is 0.0789.